The normalized spacial score (nSPS) is 10.4. The van der Waals surface area contributed by atoms with E-state index in [9.17, 15) is 0 Å². The first-order valence-electron chi connectivity index (χ1n) is 9.33. The Morgan fingerprint density at radius 1 is 0.714 bits per heavy atom. The average molecular weight is 378 g/mol. The quantitative estimate of drug-likeness (QED) is 0.559. The summed E-state index contributed by atoms with van der Waals surface area (Å²) in [6.45, 7) is 1.57. The Hall–Kier alpha value is -3.28. The summed E-state index contributed by atoms with van der Waals surface area (Å²) < 4.78 is 10.4. The van der Waals surface area contributed by atoms with Crippen LogP contribution in [0.3, 0.4) is 0 Å². The fraction of sp³-hybridized carbons (Fsp3) is 0.273. The number of methoxy groups -OCH3 is 2. The molecule has 3 rings (SSSR count). The molecule has 0 aliphatic carbocycles. The van der Waals surface area contributed by atoms with Crippen LogP contribution in [-0.2, 0) is 12.8 Å². The Morgan fingerprint density at radius 2 is 1.25 bits per heavy atom. The summed E-state index contributed by atoms with van der Waals surface area (Å²) in [6.07, 6.45) is 3.56. The third-order valence-electron chi connectivity index (χ3n) is 4.39. The molecule has 0 spiro atoms. The van der Waals surface area contributed by atoms with Crippen LogP contribution in [0.1, 0.15) is 11.1 Å². The summed E-state index contributed by atoms with van der Waals surface area (Å²) in [6, 6.07) is 18.1. The fourth-order valence-corrected chi connectivity index (χ4v) is 2.78. The molecular formula is C22H26N4O2. The lowest BCUT2D eigenvalue weighted by Gasteiger charge is -2.09. The van der Waals surface area contributed by atoms with Crippen LogP contribution < -0.4 is 20.1 Å². The van der Waals surface area contributed by atoms with Crippen molar-refractivity contribution < 1.29 is 9.47 Å². The molecule has 2 N–H and O–H groups in total. The minimum atomic E-state index is 0.628. The molecule has 0 aliphatic rings. The summed E-state index contributed by atoms with van der Waals surface area (Å²) >= 11 is 0. The molecule has 1 aromatic heterocycles. The highest BCUT2D eigenvalue weighted by molar-refractivity contribution is 5.40. The van der Waals surface area contributed by atoms with E-state index in [-0.39, 0.29) is 0 Å². The van der Waals surface area contributed by atoms with Crippen molar-refractivity contribution in [3.63, 3.8) is 0 Å². The Kier molecular flexibility index (Phi) is 7.07. The lowest BCUT2D eigenvalue weighted by molar-refractivity contribution is 0.414. The molecule has 6 heteroatoms. The van der Waals surface area contributed by atoms with Crippen molar-refractivity contribution in [2.45, 2.75) is 12.8 Å². The monoisotopic (exact) mass is 378 g/mol. The Balaban J connectivity index is 1.43. The smallest absolute Gasteiger partial charge is 0.224 e. The Morgan fingerprint density at radius 3 is 1.79 bits per heavy atom. The minimum Gasteiger partial charge on any atom is -0.497 e. The molecule has 0 bridgehead atoms. The van der Waals surface area contributed by atoms with E-state index in [1.54, 1.807) is 20.4 Å². The summed E-state index contributed by atoms with van der Waals surface area (Å²) in [5, 5.41) is 6.62. The number of nitrogens with one attached hydrogen (secondary N) is 2. The third-order valence-corrected chi connectivity index (χ3v) is 4.39. The lowest BCUT2D eigenvalue weighted by Crippen LogP contribution is -2.11. The van der Waals surface area contributed by atoms with E-state index in [4.69, 9.17) is 9.47 Å². The van der Waals surface area contributed by atoms with Gasteiger partial charge in [-0.2, -0.15) is 4.98 Å². The maximum atomic E-state index is 5.18. The molecule has 0 fully saturated rings. The maximum absolute atomic E-state index is 5.18. The number of anilines is 2. The van der Waals surface area contributed by atoms with Crippen LogP contribution in [0, 0.1) is 0 Å². The number of ether oxygens (including phenoxy) is 2. The van der Waals surface area contributed by atoms with Crippen molar-refractivity contribution in [2.75, 3.05) is 37.9 Å². The lowest BCUT2D eigenvalue weighted by atomic mass is 10.1. The topological polar surface area (TPSA) is 68.3 Å². The second-order valence-electron chi connectivity index (χ2n) is 6.32. The molecule has 28 heavy (non-hydrogen) atoms. The zero-order valence-corrected chi connectivity index (χ0v) is 16.3. The van der Waals surface area contributed by atoms with Gasteiger partial charge in [0, 0.05) is 19.3 Å². The van der Waals surface area contributed by atoms with Gasteiger partial charge < -0.3 is 20.1 Å². The number of hydrogen-bond acceptors (Lipinski definition) is 6. The van der Waals surface area contributed by atoms with Gasteiger partial charge in [-0.05, 0) is 54.3 Å². The summed E-state index contributed by atoms with van der Waals surface area (Å²) in [5.41, 5.74) is 2.49. The van der Waals surface area contributed by atoms with Crippen LogP contribution in [0.2, 0.25) is 0 Å². The van der Waals surface area contributed by atoms with Crippen molar-refractivity contribution in [1.82, 2.24) is 9.97 Å². The number of aromatic nitrogens is 2. The predicted octanol–water partition coefficient (Wildman–Crippen LogP) is 3.80. The molecule has 0 saturated carbocycles. The van der Waals surface area contributed by atoms with Crippen LogP contribution in [0.5, 0.6) is 11.5 Å². The van der Waals surface area contributed by atoms with E-state index in [2.05, 4.69) is 44.9 Å². The Labute approximate surface area is 166 Å². The van der Waals surface area contributed by atoms with Crippen molar-refractivity contribution in [3.05, 3.63) is 71.9 Å². The van der Waals surface area contributed by atoms with Crippen molar-refractivity contribution in [1.29, 1.82) is 0 Å². The molecule has 0 radical (unpaired) electrons. The molecule has 0 aliphatic heterocycles. The minimum absolute atomic E-state index is 0.628. The second kappa shape index (κ2) is 10.2. The van der Waals surface area contributed by atoms with E-state index in [1.807, 2.05) is 30.3 Å². The van der Waals surface area contributed by atoms with Gasteiger partial charge in [0.1, 0.15) is 17.3 Å². The average Bonchev–Trinajstić information content (AvgIpc) is 2.75. The van der Waals surface area contributed by atoms with Gasteiger partial charge in [-0.25, -0.2) is 4.98 Å². The van der Waals surface area contributed by atoms with Crippen LogP contribution in [0.25, 0.3) is 0 Å². The standard InChI is InChI=1S/C22H26N4O2/c1-27-19-7-3-17(4-8-19)11-14-23-21-13-16-25-22(26-21)24-15-12-18-5-9-20(28-2)10-6-18/h3-10,13,16H,11-12,14-15H2,1-2H3,(H2,23,24,25,26). The van der Waals surface area contributed by atoms with E-state index in [0.29, 0.717) is 5.95 Å². The zero-order valence-electron chi connectivity index (χ0n) is 16.3. The molecule has 2 aromatic carbocycles. The fourth-order valence-electron chi connectivity index (χ4n) is 2.78. The van der Waals surface area contributed by atoms with Crippen molar-refractivity contribution >= 4 is 11.8 Å². The number of hydrogen-bond donors (Lipinski definition) is 2. The summed E-state index contributed by atoms with van der Waals surface area (Å²) in [5.74, 6) is 3.18. The van der Waals surface area contributed by atoms with Crippen molar-refractivity contribution in [3.8, 4) is 11.5 Å². The van der Waals surface area contributed by atoms with Gasteiger partial charge >= 0.3 is 0 Å². The summed E-state index contributed by atoms with van der Waals surface area (Å²) in [7, 11) is 3.35. The highest BCUT2D eigenvalue weighted by Gasteiger charge is 2.01. The van der Waals surface area contributed by atoms with Gasteiger partial charge in [0.15, 0.2) is 0 Å². The van der Waals surface area contributed by atoms with E-state index >= 15 is 0 Å². The molecular weight excluding hydrogens is 352 g/mol. The predicted molar refractivity (Wildman–Crippen MR) is 112 cm³/mol. The van der Waals surface area contributed by atoms with E-state index in [1.165, 1.54) is 11.1 Å². The van der Waals surface area contributed by atoms with E-state index < -0.39 is 0 Å². The third kappa shape index (κ3) is 5.87. The van der Waals surface area contributed by atoms with Gasteiger partial charge in [-0.3, -0.25) is 0 Å². The Bertz CT molecular complexity index is 782. The summed E-state index contributed by atoms with van der Waals surface area (Å²) in [4.78, 5) is 8.80. The first-order chi connectivity index (χ1) is 13.8. The molecule has 6 nitrogen and oxygen atoms in total. The first kappa shape index (κ1) is 19.5. The van der Waals surface area contributed by atoms with Crippen LogP contribution in [0.4, 0.5) is 11.8 Å². The van der Waals surface area contributed by atoms with Crippen LogP contribution >= 0.6 is 0 Å². The van der Waals surface area contributed by atoms with Gasteiger partial charge in [0.2, 0.25) is 5.95 Å². The van der Waals surface area contributed by atoms with Crippen LogP contribution in [0.15, 0.2) is 60.8 Å². The van der Waals surface area contributed by atoms with Gasteiger partial charge in [-0.15, -0.1) is 0 Å². The first-order valence-corrected chi connectivity index (χ1v) is 9.33. The zero-order chi connectivity index (χ0) is 19.6. The number of rotatable bonds is 10. The molecule has 146 valence electrons. The number of benzene rings is 2. The molecule has 0 atom stereocenters. The largest absolute Gasteiger partial charge is 0.497 e. The second-order valence-corrected chi connectivity index (χ2v) is 6.32. The SMILES string of the molecule is COc1ccc(CCNc2ccnc(NCCc3ccc(OC)cc3)n2)cc1. The maximum Gasteiger partial charge on any atom is 0.224 e. The highest BCUT2D eigenvalue weighted by Crippen LogP contribution is 2.13. The number of nitrogens with zero attached hydrogens (tertiary/aromatic N) is 2. The van der Waals surface area contributed by atoms with Crippen LogP contribution in [-0.4, -0.2) is 37.3 Å². The van der Waals surface area contributed by atoms with Gasteiger partial charge in [-0.1, -0.05) is 24.3 Å². The molecule has 0 saturated heterocycles. The van der Waals surface area contributed by atoms with E-state index in [0.717, 1.165) is 43.2 Å². The molecule has 0 amide bonds. The highest BCUT2D eigenvalue weighted by atomic mass is 16.5. The van der Waals surface area contributed by atoms with Gasteiger partial charge in [0.05, 0.1) is 14.2 Å². The van der Waals surface area contributed by atoms with Gasteiger partial charge in [0.25, 0.3) is 0 Å². The molecule has 3 aromatic rings. The molecule has 1 heterocycles. The molecule has 0 unspecified atom stereocenters. The van der Waals surface area contributed by atoms with Crippen molar-refractivity contribution in [2.24, 2.45) is 0 Å².